The van der Waals surface area contributed by atoms with Crippen molar-refractivity contribution < 1.29 is 8.42 Å². The van der Waals surface area contributed by atoms with Crippen LogP contribution in [0, 0.1) is 0 Å². The highest BCUT2D eigenvalue weighted by Gasteiger charge is 2.13. The van der Waals surface area contributed by atoms with Gasteiger partial charge in [0.25, 0.3) is 0 Å². The highest BCUT2D eigenvalue weighted by atomic mass is 32.2. The van der Waals surface area contributed by atoms with Crippen molar-refractivity contribution in [1.82, 2.24) is 9.71 Å². The Labute approximate surface area is 129 Å². The van der Waals surface area contributed by atoms with Gasteiger partial charge in [0.05, 0.1) is 4.90 Å². The molecule has 4 N–H and O–H groups in total. The molecular formula is C16H17N3O2S. The smallest absolute Gasteiger partial charge is 0.240 e. The number of H-pyrrole nitrogens is 1. The maximum atomic E-state index is 12.2. The van der Waals surface area contributed by atoms with Crippen LogP contribution in [-0.4, -0.2) is 19.9 Å². The zero-order chi connectivity index (χ0) is 15.6. The van der Waals surface area contributed by atoms with Crippen molar-refractivity contribution in [3.8, 4) is 0 Å². The van der Waals surface area contributed by atoms with Crippen LogP contribution in [0.4, 0.5) is 5.69 Å². The minimum absolute atomic E-state index is 0.187. The van der Waals surface area contributed by atoms with Gasteiger partial charge < -0.3 is 10.7 Å². The van der Waals surface area contributed by atoms with Crippen molar-refractivity contribution in [1.29, 1.82) is 0 Å². The lowest BCUT2D eigenvalue weighted by atomic mass is 10.1. The van der Waals surface area contributed by atoms with E-state index in [-0.39, 0.29) is 4.90 Å². The molecule has 5 nitrogen and oxygen atoms in total. The summed E-state index contributed by atoms with van der Waals surface area (Å²) in [7, 11) is -3.53. The number of hydrogen-bond donors (Lipinski definition) is 3. The second-order valence-electron chi connectivity index (χ2n) is 5.08. The van der Waals surface area contributed by atoms with Crippen LogP contribution >= 0.6 is 0 Å². The Morgan fingerprint density at radius 2 is 1.91 bits per heavy atom. The number of aromatic amines is 1. The Hall–Kier alpha value is -2.31. The van der Waals surface area contributed by atoms with E-state index in [1.54, 1.807) is 12.1 Å². The molecule has 1 heterocycles. The maximum Gasteiger partial charge on any atom is 0.240 e. The summed E-state index contributed by atoms with van der Waals surface area (Å²) in [5, 5.41) is 1.12. The van der Waals surface area contributed by atoms with Gasteiger partial charge in [-0.3, -0.25) is 0 Å². The van der Waals surface area contributed by atoms with E-state index in [2.05, 4.69) is 9.71 Å². The summed E-state index contributed by atoms with van der Waals surface area (Å²) in [6.45, 7) is 0.332. The van der Waals surface area contributed by atoms with Crippen LogP contribution in [0.1, 0.15) is 5.56 Å². The SMILES string of the molecule is Nc1cccc(S(=O)(=O)NCCc2c[nH]c3ccccc23)c1. The average Bonchev–Trinajstić information content (AvgIpc) is 2.91. The molecule has 0 amide bonds. The van der Waals surface area contributed by atoms with E-state index in [1.165, 1.54) is 12.1 Å². The number of nitrogens with one attached hydrogen (secondary N) is 2. The lowest BCUT2D eigenvalue weighted by molar-refractivity contribution is 0.582. The van der Waals surface area contributed by atoms with E-state index >= 15 is 0 Å². The second-order valence-corrected chi connectivity index (χ2v) is 6.85. The Morgan fingerprint density at radius 1 is 1.09 bits per heavy atom. The third-order valence-corrected chi connectivity index (χ3v) is 4.99. The van der Waals surface area contributed by atoms with Gasteiger partial charge in [0.1, 0.15) is 0 Å². The lowest BCUT2D eigenvalue weighted by Crippen LogP contribution is -2.26. The molecule has 0 bridgehead atoms. The third kappa shape index (κ3) is 2.98. The van der Waals surface area contributed by atoms with Crippen molar-refractivity contribution in [2.24, 2.45) is 0 Å². The molecule has 6 heteroatoms. The zero-order valence-electron chi connectivity index (χ0n) is 11.9. The topological polar surface area (TPSA) is 88.0 Å². The van der Waals surface area contributed by atoms with E-state index < -0.39 is 10.0 Å². The highest BCUT2D eigenvalue weighted by molar-refractivity contribution is 7.89. The molecule has 1 aromatic heterocycles. The fourth-order valence-electron chi connectivity index (χ4n) is 2.42. The number of benzene rings is 2. The van der Waals surface area contributed by atoms with E-state index in [1.807, 2.05) is 30.5 Å². The quantitative estimate of drug-likeness (QED) is 0.631. The average molecular weight is 315 g/mol. The molecule has 3 rings (SSSR count). The Bertz CT molecular complexity index is 900. The van der Waals surface area contributed by atoms with Crippen molar-refractivity contribution in [3.63, 3.8) is 0 Å². The van der Waals surface area contributed by atoms with Gasteiger partial charge in [-0.25, -0.2) is 13.1 Å². The molecule has 0 fully saturated rings. The van der Waals surface area contributed by atoms with Crippen molar-refractivity contribution in [3.05, 3.63) is 60.3 Å². The van der Waals surface area contributed by atoms with Crippen LogP contribution in [0.3, 0.4) is 0 Å². The van der Waals surface area contributed by atoms with Gasteiger partial charge >= 0.3 is 0 Å². The molecule has 0 radical (unpaired) electrons. The number of fused-ring (bicyclic) bond motifs is 1. The van der Waals surface area contributed by atoms with E-state index in [9.17, 15) is 8.42 Å². The molecule has 0 saturated heterocycles. The van der Waals surface area contributed by atoms with Gasteiger partial charge in [0.2, 0.25) is 10.0 Å². The molecule has 0 aliphatic heterocycles. The normalized spacial score (nSPS) is 11.8. The van der Waals surface area contributed by atoms with E-state index in [0.717, 1.165) is 16.5 Å². The van der Waals surface area contributed by atoms with Crippen LogP contribution < -0.4 is 10.5 Å². The standard InChI is InChI=1S/C16H17N3O2S/c17-13-4-3-5-14(10-13)22(20,21)19-9-8-12-11-18-16-7-2-1-6-15(12)16/h1-7,10-11,18-19H,8-9,17H2. The molecule has 0 spiro atoms. The number of anilines is 1. The number of para-hydroxylation sites is 1. The van der Waals surface area contributed by atoms with Gasteiger partial charge in [-0.05, 0) is 36.2 Å². The van der Waals surface area contributed by atoms with E-state index in [4.69, 9.17) is 5.73 Å². The summed E-state index contributed by atoms with van der Waals surface area (Å²) in [4.78, 5) is 3.37. The molecule has 0 saturated carbocycles. The number of aromatic nitrogens is 1. The Morgan fingerprint density at radius 3 is 2.73 bits per heavy atom. The lowest BCUT2D eigenvalue weighted by Gasteiger charge is -2.07. The fourth-order valence-corrected chi connectivity index (χ4v) is 3.51. The first-order chi connectivity index (χ1) is 10.6. The molecule has 114 valence electrons. The van der Waals surface area contributed by atoms with Gasteiger partial charge in [-0.15, -0.1) is 0 Å². The summed E-state index contributed by atoms with van der Waals surface area (Å²) in [5.74, 6) is 0. The molecule has 3 aromatic rings. The molecule has 0 aliphatic rings. The second kappa shape index (κ2) is 5.82. The van der Waals surface area contributed by atoms with Gasteiger partial charge in [-0.1, -0.05) is 24.3 Å². The van der Waals surface area contributed by atoms with Gasteiger partial charge in [0, 0.05) is 29.3 Å². The summed E-state index contributed by atoms with van der Waals surface area (Å²) in [5.41, 5.74) is 8.20. The number of hydrogen-bond acceptors (Lipinski definition) is 3. The van der Waals surface area contributed by atoms with Crippen molar-refractivity contribution in [2.45, 2.75) is 11.3 Å². The first-order valence-electron chi connectivity index (χ1n) is 6.96. The van der Waals surface area contributed by atoms with Crippen LogP contribution in [0.25, 0.3) is 10.9 Å². The molecule has 0 unspecified atom stereocenters. The molecular weight excluding hydrogens is 298 g/mol. The number of nitrogen functional groups attached to an aromatic ring is 1. The van der Waals surface area contributed by atoms with Gasteiger partial charge in [-0.2, -0.15) is 0 Å². The first kappa shape index (κ1) is 14.6. The summed E-state index contributed by atoms with van der Waals surface area (Å²) in [6.07, 6.45) is 2.53. The number of nitrogens with two attached hydrogens (primary N) is 1. The zero-order valence-corrected chi connectivity index (χ0v) is 12.7. The summed E-state index contributed by atoms with van der Waals surface area (Å²) < 4.78 is 27.0. The van der Waals surface area contributed by atoms with Crippen LogP contribution in [-0.2, 0) is 16.4 Å². The fraction of sp³-hybridized carbons (Fsp3) is 0.125. The first-order valence-corrected chi connectivity index (χ1v) is 8.45. The summed E-state index contributed by atoms with van der Waals surface area (Å²) in [6, 6.07) is 14.2. The minimum Gasteiger partial charge on any atom is -0.399 e. The molecule has 0 aliphatic carbocycles. The molecule has 0 atom stereocenters. The van der Waals surface area contributed by atoms with Crippen LogP contribution in [0.2, 0.25) is 0 Å². The third-order valence-electron chi connectivity index (χ3n) is 3.53. The summed E-state index contributed by atoms with van der Waals surface area (Å²) >= 11 is 0. The maximum absolute atomic E-state index is 12.2. The number of rotatable bonds is 5. The van der Waals surface area contributed by atoms with E-state index in [0.29, 0.717) is 18.7 Å². The van der Waals surface area contributed by atoms with Gasteiger partial charge in [0.15, 0.2) is 0 Å². The monoisotopic (exact) mass is 315 g/mol. The van der Waals surface area contributed by atoms with Crippen molar-refractivity contribution in [2.75, 3.05) is 12.3 Å². The van der Waals surface area contributed by atoms with Crippen molar-refractivity contribution >= 4 is 26.6 Å². The minimum atomic E-state index is -3.53. The Kier molecular flexibility index (Phi) is 3.87. The predicted octanol–water partition coefficient (Wildman–Crippen LogP) is 2.27. The van der Waals surface area contributed by atoms with Crippen LogP contribution in [0.5, 0.6) is 0 Å². The Balaban J connectivity index is 1.70. The molecule has 22 heavy (non-hydrogen) atoms. The highest BCUT2D eigenvalue weighted by Crippen LogP contribution is 2.18. The predicted molar refractivity (Wildman–Crippen MR) is 88.0 cm³/mol. The largest absolute Gasteiger partial charge is 0.399 e. The van der Waals surface area contributed by atoms with Crippen LogP contribution in [0.15, 0.2) is 59.6 Å². The molecule has 2 aromatic carbocycles. The number of sulfonamides is 1.